The Kier molecular flexibility index (Phi) is 5.24. The van der Waals surface area contributed by atoms with Crippen molar-refractivity contribution in [3.8, 4) is 11.5 Å². The molecule has 0 fully saturated rings. The summed E-state index contributed by atoms with van der Waals surface area (Å²) >= 11 is 5.96. The average molecular weight is 340 g/mol. The Hall–Kier alpha value is -2.65. The zero-order valence-corrected chi connectivity index (χ0v) is 13.8. The lowest BCUT2D eigenvalue weighted by Gasteiger charge is -2.09. The van der Waals surface area contributed by atoms with Gasteiger partial charge in [-0.2, -0.15) is 0 Å². The lowest BCUT2D eigenvalue weighted by Crippen LogP contribution is -1.99. The first-order valence-corrected chi connectivity index (χ1v) is 8.06. The minimum atomic E-state index is 0.266. The van der Waals surface area contributed by atoms with Crippen LogP contribution in [0.4, 0.5) is 5.69 Å². The van der Waals surface area contributed by atoms with E-state index in [1.165, 1.54) is 0 Å². The van der Waals surface area contributed by atoms with Gasteiger partial charge < -0.3 is 15.2 Å². The number of ether oxygens (including phenoxy) is 1. The molecule has 3 nitrogen and oxygen atoms in total. The van der Waals surface area contributed by atoms with Crippen LogP contribution in [0.5, 0.6) is 11.5 Å². The Labute approximate surface area is 146 Å². The normalized spacial score (nSPS) is 10.4. The highest BCUT2D eigenvalue weighted by atomic mass is 35.5. The fourth-order valence-corrected chi connectivity index (χ4v) is 2.49. The second kappa shape index (κ2) is 7.75. The zero-order chi connectivity index (χ0) is 16.8. The van der Waals surface area contributed by atoms with Crippen LogP contribution < -0.4 is 10.1 Å². The second-order valence-electron chi connectivity index (χ2n) is 5.46. The quantitative estimate of drug-likeness (QED) is 0.604. The van der Waals surface area contributed by atoms with Crippen molar-refractivity contribution in [3.05, 3.63) is 88.9 Å². The minimum absolute atomic E-state index is 0.266. The third-order valence-corrected chi connectivity index (χ3v) is 3.82. The van der Waals surface area contributed by atoms with Gasteiger partial charge in [0.1, 0.15) is 18.1 Å². The Bertz CT molecular complexity index is 785. The molecule has 0 bridgehead atoms. The predicted octanol–water partition coefficient (Wildman–Crippen LogP) is 5.24. The molecule has 0 aromatic heterocycles. The molecule has 4 heteroatoms. The van der Waals surface area contributed by atoms with Crippen molar-refractivity contribution in [2.45, 2.75) is 13.2 Å². The molecule has 0 atom stereocenters. The van der Waals surface area contributed by atoms with Gasteiger partial charge in [-0.05, 0) is 59.7 Å². The summed E-state index contributed by atoms with van der Waals surface area (Å²) in [5.41, 5.74) is 3.16. The fourth-order valence-electron chi connectivity index (χ4n) is 2.28. The van der Waals surface area contributed by atoms with Gasteiger partial charge in [0.25, 0.3) is 0 Å². The molecule has 24 heavy (non-hydrogen) atoms. The lowest BCUT2D eigenvalue weighted by atomic mass is 10.2. The molecule has 0 aliphatic carbocycles. The first-order chi connectivity index (χ1) is 11.7. The molecular formula is C20H18ClNO2. The summed E-state index contributed by atoms with van der Waals surface area (Å²) in [7, 11) is 0. The molecule has 0 spiro atoms. The molecule has 3 rings (SSSR count). The van der Waals surface area contributed by atoms with E-state index < -0.39 is 0 Å². The monoisotopic (exact) mass is 339 g/mol. The van der Waals surface area contributed by atoms with Crippen LogP contribution in [-0.4, -0.2) is 5.11 Å². The molecule has 0 aliphatic rings. The van der Waals surface area contributed by atoms with E-state index >= 15 is 0 Å². The summed E-state index contributed by atoms with van der Waals surface area (Å²) in [6, 6.07) is 22.6. The number of hydrogen-bond acceptors (Lipinski definition) is 3. The number of aromatic hydroxyl groups is 1. The van der Waals surface area contributed by atoms with E-state index in [0.29, 0.717) is 18.2 Å². The molecular weight excluding hydrogens is 322 g/mol. The summed E-state index contributed by atoms with van der Waals surface area (Å²) < 4.78 is 5.77. The zero-order valence-electron chi connectivity index (χ0n) is 13.1. The summed E-state index contributed by atoms with van der Waals surface area (Å²) in [6.45, 7) is 1.20. The van der Waals surface area contributed by atoms with Crippen molar-refractivity contribution in [2.75, 3.05) is 5.32 Å². The first-order valence-electron chi connectivity index (χ1n) is 7.68. The number of nitrogens with one attached hydrogen (secondary N) is 1. The number of anilines is 1. The summed E-state index contributed by atoms with van der Waals surface area (Å²) in [5, 5.41) is 13.3. The van der Waals surface area contributed by atoms with E-state index in [9.17, 15) is 5.11 Å². The van der Waals surface area contributed by atoms with Crippen molar-refractivity contribution in [2.24, 2.45) is 0 Å². The molecule has 0 unspecified atom stereocenters. The first kappa shape index (κ1) is 16.2. The SMILES string of the molecule is Oc1ccc(NCc2ccc(OCc3cccc(Cl)c3)cc2)cc1. The third kappa shape index (κ3) is 4.67. The molecule has 0 saturated carbocycles. The maximum absolute atomic E-state index is 9.27. The van der Waals surface area contributed by atoms with Crippen LogP contribution in [0.25, 0.3) is 0 Å². The van der Waals surface area contributed by atoms with Gasteiger partial charge >= 0.3 is 0 Å². The Morgan fingerprint density at radius 1 is 0.875 bits per heavy atom. The summed E-state index contributed by atoms with van der Waals surface area (Å²) in [6.07, 6.45) is 0. The molecule has 3 aromatic carbocycles. The third-order valence-electron chi connectivity index (χ3n) is 3.58. The van der Waals surface area contributed by atoms with E-state index in [-0.39, 0.29) is 5.75 Å². The summed E-state index contributed by atoms with van der Waals surface area (Å²) in [4.78, 5) is 0. The average Bonchev–Trinajstić information content (AvgIpc) is 2.60. The van der Waals surface area contributed by atoms with Crippen molar-refractivity contribution in [3.63, 3.8) is 0 Å². The van der Waals surface area contributed by atoms with Crippen LogP contribution in [0.1, 0.15) is 11.1 Å². The van der Waals surface area contributed by atoms with Crippen LogP contribution >= 0.6 is 11.6 Å². The highest BCUT2D eigenvalue weighted by Gasteiger charge is 1.99. The molecule has 3 aromatic rings. The van der Waals surface area contributed by atoms with Crippen molar-refractivity contribution >= 4 is 17.3 Å². The smallest absolute Gasteiger partial charge is 0.119 e. The molecule has 0 saturated heterocycles. The van der Waals surface area contributed by atoms with Gasteiger partial charge in [0.15, 0.2) is 0 Å². The van der Waals surface area contributed by atoms with Crippen molar-refractivity contribution in [1.29, 1.82) is 0 Å². The van der Waals surface area contributed by atoms with E-state index in [0.717, 1.165) is 22.6 Å². The Morgan fingerprint density at radius 3 is 2.33 bits per heavy atom. The van der Waals surface area contributed by atoms with Crippen LogP contribution in [0.3, 0.4) is 0 Å². The minimum Gasteiger partial charge on any atom is -0.508 e. The van der Waals surface area contributed by atoms with Crippen molar-refractivity contribution in [1.82, 2.24) is 0 Å². The second-order valence-corrected chi connectivity index (χ2v) is 5.90. The number of phenols is 1. The molecule has 0 heterocycles. The molecule has 2 N–H and O–H groups in total. The number of benzene rings is 3. The molecule has 0 aliphatic heterocycles. The Morgan fingerprint density at radius 2 is 1.62 bits per heavy atom. The number of phenolic OH excluding ortho intramolecular Hbond substituents is 1. The van der Waals surface area contributed by atoms with Gasteiger partial charge in [0.05, 0.1) is 0 Å². The fraction of sp³-hybridized carbons (Fsp3) is 0.100. The van der Waals surface area contributed by atoms with Crippen LogP contribution in [-0.2, 0) is 13.2 Å². The standard InChI is InChI=1S/C20H18ClNO2/c21-17-3-1-2-16(12-17)14-24-20-10-4-15(5-11-20)13-22-18-6-8-19(23)9-7-18/h1-12,22-23H,13-14H2. The highest BCUT2D eigenvalue weighted by Crippen LogP contribution is 2.18. The number of hydrogen-bond donors (Lipinski definition) is 2. The Balaban J connectivity index is 1.52. The van der Waals surface area contributed by atoms with Crippen LogP contribution in [0.15, 0.2) is 72.8 Å². The highest BCUT2D eigenvalue weighted by molar-refractivity contribution is 6.30. The van der Waals surface area contributed by atoms with Gasteiger partial charge in [-0.25, -0.2) is 0 Å². The molecule has 0 amide bonds. The van der Waals surface area contributed by atoms with E-state index in [1.807, 2.05) is 60.7 Å². The van der Waals surface area contributed by atoms with Gasteiger partial charge in [0.2, 0.25) is 0 Å². The molecule has 0 radical (unpaired) electrons. The van der Waals surface area contributed by atoms with Crippen LogP contribution in [0, 0.1) is 0 Å². The molecule has 122 valence electrons. The maximum Gasteiger partial charge on any atom is 0.119 e. The number of rotatable bonds is 6. The largest absolute Gasteiger partial charge is 0.508 e. The van der Waals surface area contributed by atoms with E-state index in [2.05, 4.69) is 5.32 Å². The lowest BCUT2D eigenvalue weighted by molar-refractivity contribution is 0.306. The summed E-state index contributed by atoms with van der Waals surface area (Å²) in [5.74, 6) is 1.09. The number of halogens is 1. The maximum atomic E-state index is 9.27. The topological polar surface area (TPSA) is 41.5 Å². The van der Waals surface area contributed by atoms with Crippen LogP contribution in [0.2, 0.25) is 5.02 Å². The van der Waals surface area contributed by atoms with Gasteiger partial charge in [-0.15, -0.1) is 0 Å². The van der Waals surface area contributed by atoms with E-state index in [1.54, 1.807) is 12.1 Å². The van der Waals surface area contributed by atoms with Crippen molar-refractivity contribution < 1.29 is 9.84 Å². The predicted molar refractivity (Wildman–Crippen MR) is 97.7 cm³/mol. The van der Waals surface area contributed by atoms with Gasteiger partial charge in [-0.3, -0.25) is 0 Å². The van der Waals surface area contributed by atoms with E-state index in [4.69, 9.17) is 16.3 Å². The van der Waals surface area contributed by atoms with Gasteiger partial charge in [0, 0.05) is 17.3 Å². The van der Waals surface area contributed by atoms with Gasteiger partial charge in [-0.1, -0.05) is 35.9 Å².